The van der Waals surface area contributed by atoms with Gasteiger partial charge in [0.2, 0.25) is 11.9 Å². The Hall–Kier alpha value is -2.97. The minimum Gasteiger partial charge on any atom is -0.368 e. The lowest BCUT2D eigenvalue weighted by atomic mass is 10.6. The van der Waals surface area contributed by atoms with Gasteiger partial charge in [0.1, 0.15) is 0 Å². The number of anilines is 2. The van der Waals surface area contributed by atoms with Crippen molar-refractivity contribution in [1.82, 2.24) is 34.3 Å². The second-order valence-corrected chi connectivity index (χ2v) is 4.00. The molecule has 3 aromatic heterocycles. The van der Waals surface area contributed by atoms with Crippen LogP contribution in [0, 0.1) is 0 Å². The fourth-order valence-corrected chi connectivity index (χ4v) is 1.67. The van der Waals surface area contributed by atoms with Gasteiger partial charge in [-0.05, 0) is 6.07 Å². The second-order valence-electron chi connectivity index (χ2n) is 4.00. The van der Waals surface area contributed by atoms with Crippen LogP contribution in [-0.2, 0) is 6.54 Å². The van der Waals surface area contributed by atoms with Crippen LogP contribution in [-0.4, -0.2) is 40.8 Å². The Morgan fingerprint density at radius 2 is 2.10 bits per heavy atom. The summed E-state index contributed by atoms with van der Waals surface area (Å²) in [5.41, 5.74) is 5.67. The molecular weight excluding hydrogens is 258 g/mol. The summed E-state index contributed by atoms with van der Waals surface area (Å²) in [6.07, 6.45) is 8.75. The highest BCUT2D eigenvalue weighted by atomic mass is 15.4. The van der Waals surface area contributed by atoms with Crippen molar-refractivity contribution in [2.45, 2.75) is 6.54 Å². The van der Waals surface area contributed by atoms with Crippen LogP contribution in [0.4, 0.5) is 11.9 Å². The molecule has 3 N–H and O–H groups in total. The maximum atomic E-state index is 5.67. The molecule has 3 aromatic rings. The zero-order valence-electron chi connectivity index (χ0n) is 10.6. The highest BCUT2D eigenvalue weighted by Crippen LogP contribution is 2.05. The Morgan fingerprint density at radius 1 is 1.15 bits per heavy atom. The molecule has 0 aliphatic carbocycles. The van der Waals surface area contributed by atoms with E-state index in [-0.39, 0.29) is 5.95 Å². The third-order valence-corrected chi connectivity index (χ3v) is 2.56. The molecule has 9 nitrogen and oxygen atoms in total. The Balaban J connectivity index is 1.70. The molecule has 0 atom stereocenters. The van der Waals surface area contributed by atoms with Crippen molar-refractivity contribution in [1.29, 1.82) is 0 Å². The van der Waals surface area contributed by atoms with Crippen LogP contribution in [0.15, 0.2) is 37.2 Å². The monoisotopic (exact) mass is 271 g/mol. The molecule has 0 unspecified atom stereocenters. The number of aromatic nitrogens is 7. The van der Waals surface area contributed by atoms with Crippen molar-refractivity contribution < 1.29 is 0 Å². The smallest absolute Gasteiger partial charge is 0.257 e. The molecule has 0 amide bonds. The summed E-state index contributed by atoms with van der Waals surface area (Å²) < 4.78 is 3.48. The summed E-state index contributed by atoms with van der Waals surface area (Å²) in [5, 5.41) is 7.15. The van der Waals surface area contributed by atoms with Gasteiger partial charge in [0.25, 0.3) is 5.95 Å². The highest BCUT2D eigenvalue weighted by Gasteiger charge is 2.06. The summed E-state index contributed by atoms with van der Waals surface area (Å²) in [6, 6.07) is 1.78. The molecule has 0 saturated carbocycles. The molecule has 0 fully saturated rings. The fourth-order valence-electron chi connectivity index (χ4n) is 1.67. The zero-order valence-corrected chi connectivity index (χ0v) is 10.6. The van der Waals surface area contributed by atoms with Gasteiger partial charge in [0.15, 0.2) is 0 Å². The van der Waals surface area contributed by atoms with Crippen LogP contribution in [0.5, 0.6) is 0 Å². The predicted octanol–water partition coefficient (Wildman–Crippen LogP) is -0.0519. The molecule has 0 aliphatic heterocycles. The van der Waals surface area contributed by atoms with Crippen LogP contribution in [0.3, 0.4) is 0 Å². The molecule has 0 saturated heterocycles. The minimum absolute atomic E-state index is 0.149. The molecule has 0 aliphatic rings. The first-order chi connectivity index (χ1) is 9.81. The number of imidazole rings is 1. The summed E-state index contributed by atoms with van der Waals surface area (Å²) in [5.74, 6) is 0.950. The van der Waals surface area contributed by atoms with Crippen LogP contribution >= 0.6 is 0 Å². The Labute approximate surface area is 114 Å². The molecular formula is C11H13N9. The van der Waals surface area contributed by atoms with Gasteiger partial charge in [-0.3, -0.25) is 0 Å². The summed E-state index contributed by atoms with van der Waals surface area (Å²) in [4.78, 5) is 16.3. The lowest BCUT2D eigenvalue weighted by Crippen LogP contribution is -2.14. The molecule has 0 spiro atoms. The molecule has 0 bridgehead atoms. The van der Waals surface area contributed by atoms with E-state index < -0.39 is 0 Å². The first-order valence-electron chi connectivity index (χ1n) is 6.02. The van der Waals surface area contributed by atoms with E-state index in [9.17, 15) is 0 Å². The summed E-state index contributed by atoms with van der Waals surface area (Å²) in [6.45, 7) is 1.40. The van der Waals surface area contributed by atoms with Crippen LogP contribution in [0.1, 0.15) is 0 Å². The minimum atomic E-state index is 0.149. The highest BCUT2D eigenvalue weighted by molar-refractivity contribution is 5.34. The van der Waals surface area contributed by atoms with Gasteiger partial charge in [0, 0.05) is 37.9 Å². The average molecular weight is 271 g/mol. The predicted molar refractivity (Wildman–Crippen MR) is 72.1 cm³/mol. The largest absolute Gasteiger partial charge is 0.368 e. The number of rotatable bonds is 5. The van der Waals surface area contributed by atoms with Gasteiger partial charge in [-0.1, -0.05) is 0 Å². The van der Waals surface area contributed by atoms with E-state index in [2.05, 4.69) is 30.4 Å². The van der Waals surface area contributed by atoms with Crippen molar-refractivity contribution in [3.63, 3.8) is 0 Å². The summed E-state index contributed by atoms with van der Waals surface area (Å²) in [7, 11) is 0. The molecule has 0 aromatic carbocycles. The van der Waals surface area contributed by atoms with Crippen LogP contribution < -0.4 is 11.1 Å². The maximum absolute atomic E-state index is 5.67. The number of hydrogen-bond acceptors (Lipinski definition) is 7. The third kappa shape index (κ3) is 2.71. The maximum Gasteiger partial charge on any atom is 0.257 e. The van der Waals surface area contributed by atoms with Gasteiger partial charge in [-0.2, -0.15) is 20.1 Å². The zero-order chi connectivity index (χ0) is 13.8. The van der Waals surface area contributed by atoms with E-state index in [0.717, 1.165) is 6.54 Å². The molecule has 20 heavy (non-hydrogen) atoms. The number of nitrogens with zero attached hydrogens (tertiary/aromatic N) is 7. The fraction of sp³-hybridized carbons (Fsp3) is 0.182. The van der Waals surface area contributed by atoms with Gasteiger partial charge in [-0.25, -0.2) is 9.67 Å². The normalized spacial score (nSPS) is 10.6. The van der Waals surface area contributed by atoms with Crippen molar-refractivity contribution in [2.75, 3.05) is 17.6 Å². The SMILES string of the molecule is Nc1nc(NCCn2ccnc2)nc(-n2cccn2)n1. The van der Waals surface area contributed by atoms with Crippen molar-refractivity contribution in [2.24, 2.45) is 0 Å². The van der Waals surface area contributed by atoms with Crippen LogP contribution in [0.25, 0.3) is 5.95 Å². The second kappa shape index (κ2) is 5.34. The molecule has 0 radical (unpaired) electrons. The van der Waals surface area contributed by atoms with Gasteiger partial charge >= 0.3 is 0 Å². The van der Waals surface area contributed by atoms with Gasteiger partial charge in [0.05, 0.1) is 6.33 Å². The molecule has 3 rings (SSSR count). The number of nitrogen functional groups attached to an aromatic ring is 1. The van der Waals surface area contributed by atoms with E-state index in [4.69, 9.17) is 5.73 Å². The average Bonchev–Trinajstić information content (AvgIpc) is 3.11. The quantitative estimate of drug-likeness (QED) is 0.668. The van der Waals surface area contributed by atoms with E-state index in [1.54, 1.807) is 31.0 Å². The van der Waals surface area contributed by atoms with E-state index in [1.807, 2.05) is 10.8 Å². The van der Waals surface area contributed by atoms with Crippen molar-refractivity contribution in [3.05, 3.63) is 37.2 Å². The first kappa shape index (κ1) is 12.1. The number of nitrogens with one attached hydrogen (secondary N) is 1. The van der Waals surface area contributed by atoms with Crippen molar-refractivity contribution >= 4 is 11.9 Å². The standard InChI is InChI=1S/C11H13N9/c12-9-16-10(14-4-7-19-6-3-13-8-19)18-11(17-9)20-5-1-2-15-20/h1-3,5-6,8H,4,7H2,(H3,12,14,16,17,18). The first-order valence-corrected chi connectivity index (χ1v) is 6.02. The number of nitrogens with two attached hydrogens (primary N) is 1. The lowest BCUT2D eigenvalue weighted by Gasteiger charge is -2.07. The number of hydrogen-bond donors (Lipinski definition) is 2. The molecule has 102 valence electrons. The van der Waals surface area contributed by atoms with Gasteiger partial charge in [-0.15, -0.1) is 0 Å². The van der Waals surface area contributed by atoms with E-state index >= 15 is 0 Å². The van der Waals surface area contributed by atoms with E-state index in [0.29, 0.717) is 18.4 Å². The lowest BCUT2D eigenvalue weighted by molar-refractivity contribution is 0.720. The topological polar surface area (TPSA) is 112 Å². The Bertz CT molecular complexity index is 659. The summed E-state index contributed by atoms with van der Waals surface area (Å²) >= 11 is 0. The Morgan fingerprint density at radius 3 is 2.85 bits per heavy atom. The third-order valence-electron chi connectivity index (χ3n) is 2.56. The van der Waals surface area contributed by atoms with Gasteiger partial charge < -0.3 is 15.6 Å². The Kier molecular flexibility index (Phi) is 3.23. The van der Waals surface area contributed by atoms with Crippen molar-refractivity contribution in [3.8, 4) is 5.95 Å². The molecule has 3 heterocycles. The molecule has 9 heteroatoms. The van der Waals surface area contributed by atoms with E-state index in [1.165, 1.54) is 4.68 Å². The van der Waals surface area contributed by atoms with Crippen LogP contribution in [0.2, 0.25) is 0 Å².